The summed E-state index contributed by atoms with van der Waals surface area (Å²) in [6.45, 7) is 3.28. The van der Waals surface area contributed by atoms with E-state index in [-0.39, 0.29) is 0 Å². The zero-order valence-corrected chi connectivity index (χ0v) is 12.4. The highest BCUT2D eigenvalue weighted by Gasteiger charge is 2.38. The number of halogens is 1. The number of nitrogens with zero attached hydrogens (tertiary/aromatic N) is 1. The molecular formula is C16H23ClN2. The molecule has 0 amide bonds. The average Bonchev–Trinajstić information content (AvgIpc) is 2.39. The molecule has 1 N–H and O–H groups in total. The molecule has 2 atom stereocenters. The van der Waals surface area contributed by atoms with Crippen molar-refractivity contribution in [3.05, 3.63) is 29.3 Å². The molecular weight excluding hydrogens is 256 g/mol. The summed E-state index contributed by atoms with van der Waals surface area (Å²) in [5.74, 6) is 0. The Bertz CT molecular complexity index is 421. The van der Waals surface area contributed by atoms with Gasteiger partial charge in [-0.25, -0.2) is 0 Å². The molecule has 2 fully saturated rings. The summed E-state index contributed by atoms with van der Waals surface area (Å²) in [5.41, 5.74) is 1.24. The Morgan fingerprint density at radius 1 is 1.21 bits per heavy atom. The minimum absolute atomic E-state index is 0.663. The zero-order chi connectivity index (χ0) is 13.2. The third-order valence-electron chi connectivity index (χ3n) is 4.60. The van der Waals surface area contributed by atoms with Gasteiger partial charge in [-0.3, -0.25) is 0 Å². The third-order valence-corrected chi connectivity index (χ3v) is 4.92. The lowest BCUT2D eigenvalue weighted by Gasteiger charge is -2.50. The molecule has 0 radical (unpaired) electrons. The first-order valence-electron chi connectivity index (χ1n) is 7.56. The van der Waals surface area contributed by atoms with Gasteiger partial charge in [-0.2, -0.15) is 0 Å². The number of benzene rings is 1. The van der Waals surface area contributed by atoms with E-state index < -0.39 is 0 Å². The van der Waals surface area contributed by atoms with E-state index in [1.807, 2.05) is 12.1 Å². The number of fused-ring (bicyclic) bond motifs is 2. The van der Waals surface area contributed by atoms with Crippen molar-refractivity contribution in [1.82, 2.24) is 5.32 Å². The molecule has 1 aromatic carbocycles. The Kier molecular flexibility index (Phi) is 3.99. The molecule has 2 unspecified atom stereocenters. The maximum absolute atomic E-state index is 6.41. The van der Waals surface area contributed by atoms with Crippen LogP contribution in [-0.4, -0.2) is 24.7 Å². The zero-order valence-electron chi connectivity index (χ0n) is 11.6. The van der Waals surface area contributed by atoms with E-state index in [1.165, 1.54) is 37.8 Å². The fourth-order valence-corrected chi connectivity index (χ4v) is 4.12. The van der Waals surface area contributed by atoms with Crippen LogP contribution in [0.5, 0.6) is 0 Å². The van der Waals surface area contributed by atoms with Gasteiger partial charge in [0.15, 0.2) is 0 Å². The minimum Gasteiger partial charge on any atom is -0.364 e. The molecule has 2 aliphatic rings. The van der Waals surface area contributed by atoms with Gasteiger partial charge >= 0.3 is 0 Å². The van der Waals surface area contributed by atoms with Crippen molar-refractivity contribution < 1.29 is 0 Å². The summed E-state index contributed by atoms with van der Waals surface area (Å²) in [6, 6.07) is 10.3. The Morgan fingerprint density at radius 3 is 2.53 bits per heavy atom. The lowest BCUT2D eigenvalue weighted by molar-refractivity contribution is 0.247. The molecule has 19 heavy (non-hydrogen) atoms. The monoisotopic (exact) mass is 278 g/mol. The molecule has 2 bridgehead atoms. The van der Waals surface area contributed by atoms with Crippen molar-refractivity contribution in [1.29, 1.82) is 0 Å². The lowest BCUT2D eigenvalue weighted by atomic mass is 9.81. The number of rotatable bonds is 3. The number of para-hydroxylation sites is 1. The second kappa shape index (κ2) is 5.72. The van der Waals surface area contributed by atoms with Crippen LogP contribution in [0.4, 0.5) is 5.69 Å². The van der Waals surface area contributed by atoms with Crippen LogP contribution in [0.3, 0.4) is 0 Å². The Hall–Kier alpha value is -0.730. The maximum atomic E-state index is 6.41. The molecule has 3 rings (SSSR count). The molecule has 3 heteroatoms. The molecule has 2 aliphatic heterocycles. The molecule has 0 aliphatic carbocycles. The van der Waals surface area contributed by atoms with Crippen molar-refractivity contribution in [3.8, 4) is 0 Å². The van der Waals surface area contributed by atoms with Gasteiger partial charge in [0.25, 0.3) is 0 Å². The van der Waals surface area contributed by atoms with E-state index >= 15 is 0 Å². The quantitative estimate of drug-likeness (QED) is 0.904. The Balaban J connectivity index is 1.85. The molecule has 2 nitrogen and oxygen atoms in total. The second-order valence-corrected chi connectivity index (χ2v) is 6.23. The number of hydrogen-bond donors (Lipinski definition) is 1. The van der Waals surface area contributed by atoms with E-state index in [2.05, 4.69) is 29.3 Å². The molecule has 104 valence electrons. The highest BCUT2D eigenvalue weighted by Crippen LogP contribution is 2.40. The first kappa shape index (κ1) is 13.3. The van der Waals surface area contributed by atoms with Gasteiger partial charge in [0.2, 0.25) is 0 Å². The second-order valence-electron chi connectivity index (χ2n) is 5.82. The van der Waals surface area contributed by atoms with Crippen molar-refractivity contribution in [2.75, 3.05) is 11.4 Å². The van der Waals surface area contributed by atoms with Crippen LogP contribution in [0.1, 0.15) is 39.0 Å². The van der Waals surface area contributed by atoms with Crippen LogP contribution in [0, 0.1) is 0 Å². The highest BCUT2D eigenvalue weighted by molar-refractivity contribution is 6.33. The van der Waals surface area contributed by atoms with Crippen LogP contribution in [-0.2, 0) is 0 Å². The van der Waals surface area contributed by atoms with E-state index in [1.54, 1.807) is 0 Å². The van der Waals surface area contributed by atoms with E-state index in [0.717, 1.165) is 11.6 Å². The smallest absolute Gasteiger partial charge is 0.0639 e. The van der Waals surface area contributed by atoms with Gasteiger partial charge in [0.1, 0.15) is 0 Å². The minimum atomic E-state index is 0.663. The summed E-state index contributed by atoms with van der Waals surface area (Å²) in [4.78, 5) is 2.61. The molecule has 0 aromatic heterocycles. The van der Waals surface area contributed by atoms with Crippen LogP contribution in [0.25, 0.3) is 0 Å². The van der Waals surface area contributed by atoms with E-state index in [0.29, 0.717) is 18.1 Å². The number of nitrogens with one attached hydrogen (secondary N) is 1. The van der Waals surface area contributed by atoms with Crippen molar-refractivity contribution in [2.24, 2.45) is 0 Å². The fraction of sp³-hybridized carbons (Fsp3) is 0.625. The van der Waals surface area contributed by atoms with Gasteiger partial charge < -0.3 is 10.2 Å². The third kappa shape index (κ3) is 2.61. The van der Waals surface area contributed by atoms with E-state index in [4.69, 9.17) is 11.6 Å². The topological polar surface area (TPSA) is 15.3 Å². The molecule has 2 saturated heterocycles. The predicted molar refractivity (Wildman–Crippen MR) is 82.1 cm³/mol. The molecule has 1 aromatic rings. The van der Waals surface area contributed by atoms with Gasteiger partial charge in [-0.15, -0.1) is 0 Å². The van der Waals surface area contributed by atoms with Gasteiger partial charge in [0.05, 0.1) is 10.7 Å². The van der Waals surface area contributed by atoms with Crippen LogP contribution in [0.15, 0.2) is 24.3 Å². The average molecular weight is 279 g/mol. The van der Waals surface area contributed by atoms with Crippen molar-refractivity contribution in [2.45, 2.75) is 57.2 Å². The van der Waals surface area contributed by atoms with Crippen LogP contribution >= 0.6 is 11.6 Å². The van der Waals surface area contributed by atoms with Crippen molar-refractivity contribution in [3.63, 3.8) is 0 Å². The summed E-state index contributed by atoms with van der Waals surface area (Å²) in [6.07, 6.45) is 6.51. The van der Waals surface area contributed by atoms with Gasteiger partial charge in [0, 0.05) is 18.1 Å². The molecule has 0 spiro atoms. The molecule has 0 saturated carbocycles. The first-order valence-corrected chi connectivity index (χ1v) is 7.93. The first-order chi connectivity index (χ1) is 9.29. The fourth-order valence-electron chi connectivity index (χ4n) is 3.89. The Labute approximate surface area is 121 Å². The Morgan fingerprint density at radius 2 is 1.89 bits per heavy atom. The predicted octanol–water partition coefficient (Wildman–Crippen LogP) is 3.84. The standard InChI is InChI=1S/C16H23ClN2/c1-2-18-12-10-13-6-5-7-14(11-12)19(13)16-9-4-3-8-15(16)17/h3-4,8-9,12-14,18H,2,5-7,10-11H2,1H3. The summed E-state index contributed by atoms with van der Waals surface area (Å²) in [7, 11) is 0. The number of hydrogen-bond acceptors (Lipinski definition) is 2. The van der Waals surface area contributed by atoms with Gasteiger partial charge in [-0.05, 0) is 50.8 Å². The maximum Gasteiger partial charge on any atom is 0.0639 e. The summed E-state index contributed by atoms with van der Waals surface area (Å²) >= 11 is 6.41. The van der Waals surface area contributed by atoms with Crippen LogP contribution in [0.2, 0.25) is 5.02 Å². The van der Waals surface area contributed by atoms with Crippen molar-refractivity contribution >= 4 is 17.3 Å². The largest absolute Gasteiger partial charge is 0.364 e. The van der Waals surface area contributed by atoms with E-state index in [9.17, 15) is 0 Å². The summed E-state index contributed by atoms with van der Waals surface area (Å²) < 4.78 is 0. The number of anilines is 1. The molecule has 2 heterocycles. The van der Waals surface area contributed by atoms with Gasteiger partial charge in [-0.1, -0.05) is 30.7 Å². The normalized spacial score (nSPS) is 30.4. The number of piperidine rings is 2. The summed E-state index contributed by atoms with van der Waals surface area (Å²) in [5, 5.41) is 4.54. The lowest BCUT2D eigenvalue weighted by Crippen LogP contribution is -2.56. The van der Waals surface area contributed by atoms with Crippen LogP contribution < -0.4 is 10.2 Å². The highest BCUT2D eigenvalue weighted by atomic mass is 35.5. The SMILES string of the molecule is CCNC1CC2CCCC(C1)N2c1ccccc1Cl.